The Labute approximate surface area is 191 Å². The van der Waals surface area contributed by atoms with E-state index in [0.29, 0.717) is 12.8 Å². The molecule has 0 bridgehead atoms. The van der Waals surface area contributed by atoms with Gasteiger partial charge >= 0.3 is 11.9 Å². The molecule has 1 rings (SSSR count). The molecule has 1 aliphatic rings. The van der Waals surface area contributed by atoms with Gasteiger partial charge in [0.25, 0.3) is 0 Å². The maximum Gasteiger partial charge on any atom is 0.310 e. The molecule has 0 aliphatic heterocycles. The first kappa shape index (κ1) is 27.7. The standard InChI is InChI=1S/C27H48O4/c1-21(2)17-13-11-9-7-5-6-8-10-12-14-20-25(22(3)4)31-27(30)24-19-16-15-18-23(24)26(28)29/h15-16,21-25H,5-14,17-20H2,1-4H3,(H,28,29). The fourth-order valence-corrected chi connectivity index (χ4v) is 4.42. The number of aliphatic carboxylic acids is 1. The van der Waals surface area contributed by atoms with Crippen molar-refractivity contribution in [2.24, 2.45) is 23.7 Å². The summed E-state index contributed by atoms with van der Waals surface area (Å²) in [5.41, 5.74) is 0. The summed E-state index contributed by atoms with van der Waals surface area (Å²) in [5.74, 6) is -1.34. The molecule has 0 fully saturated rings. The Balaban J connectivity index is 2.16. The van der Waals surface area contributed by atoms with Gasteiger partial charge in [-0.05, 0) is 37.5 Å². The molecule has 1 N–H and O–H groups in total. The Kier molecular flexibility index (Phi) is 14.6. The molecule has 0 radical (unpaired) electrons. The van der Waals surface area contributed by atoms with Crippen molar-refractivity contribution in [2.45, 2.75) is 124 Å². The molecule has 1 aliphatic carbocycles. The lowest BCUT2D eigenvalue weighted by molar-refractivity contribution is -0.164. The second-order valence-electron chi connectivity index (χ2n) is 10.2. The zero-order valence-corrected chi connectivity index (χ0v) is 20.6. The van der Waals surface area contributed by atoms with Crippen molar-refractivity contribution < 1.29 is 19.4 Å². The van der Waals surface area contributed by atoms with Crippen LogP contribution in [0.3, 0.4) is 0 Å². The summed E-state index contributed by atoms with van der Waals surface area (Å²) in [6.07, 6.45) is 19.8. The zero-order valence-electron chi connectivity index (χ0n) is 20.6. The number of ether oxygens (including phenoxy) is 1. The van der Waals surface area contributed by atoms with Crippen LogP contribution in [0.5, 0.6) is 0 Å². The van der Waals surface area contributed by atoms with Gasteiger partial charge in [0.1, 0.15) is 6.10 Å². The Morgan fingerprint density at radius 3 is 1.68 bits per heavy atom. The van der Waals surface area contributed by atoms with Crippen LogP contribution >= 0.6 is 0 Å². The van der Waals surface area contributed by atoms with Gasteiger partial charge < -0.3 is 9.84 Å². The van der Waals surface area contributed by atoms with Crippen molar-refractivity contribution >= 4 is 11.9 Å². The van der Waals surface area contributed by atoms with Gasteiger partial charge in [0.2, 0.25) is 0 Å². The number of carboxylic acids is 1. The summed E-state index contributed by atoms with van der Waals surface area (Å²) < 4.78 is 5.80. The van der Waals surface area contributed by atoms with E-state index < -0.39 is 17.8 Å². The predicted molar refractivity (Wildman–Crippen MR) is 128 cm³/mol. The fraction of sp³-hybridized carbons (Fsp3) is 0.852. The Bertz CT molecular complexity index is 523. The van der Waals surface area contributed by atoms with E-state index in [9.17, 15) is 14.7 Å². The molecule has 4 heteroatoms. The largest absolute Gasteiger partial charge is 0.481 e. The van der Waals surface area contributed by atoms with Gasteiger partial charge in [-0.25, -0.2) is 0 Å². The van der Waals surface area contributed by atoms with Crippen LogP contribution in [0.25, 0.3) is 0 Å². The van der Waals surface area contributed by atoms with Crippen molar-refractivity contribution in [3.05, 3.63) is 12.2 Å². The summed E-state index contributed by atoms with van der Waals surface area (Å²) in [4.78, 5) is 24.1. The van der Waals surface area contributed by atoms with E-state index >= 15 is 0 Å². The molecule has 31 heavy (non-hydrogen) atoms. The van der Waals surface area contributed by atoms with Gasteiger partial charge in [0, 0.05) is 0 Å². The topological polar surface area (TPSA) is 63.6 Å². The number of carboxylic acid groups (broad SMARTS) is 1. The van der Waals surface area contributed by atoms with Crippen molar-refractivity contribution in [1.82, 2.24) is 0 Å². The highest BCUT2D eigenvalue weighted by Gasteiger charge is 2.36. The van der Waals surface area contributed by atoms with Crippen LogP contribution in [0.4, 0.5) is 0 Å². The third kappa shape index (κ3) is 12.3. The second kappa shape index (κ2) is 16.3. The molecule has 0 heterocycles. The third-order valence-corrected chi connectivity index (χ3v) is 6.58. The van der Waals surface area contributed by atoms with Crippen molar-refractivity contribution in [3.8, 4) is 0 Å². The molecular weight excluding hydrogens is 388 g/mol. The fourth-order valence-electron chi connectivity index (χ4n) is 4.42. The Morgan fingerprint density at radius 2 is 1.23 bits per heavy atom. The van der Waals surface area contributed by atoms with E-state index in [2.05, 4.69) is 27.7 Å². The van der Waals surface area contributed by atoms with Crippen LogP contribution in [-0.4, -0.2) is 23.1 Å². The molecule has 0 aromatic heterocycles. The normalized spacial score (nSPS) is 19.7. The van der Waals surface area contributed by atoms with Gasteiger partial charge in [-0.3, -0.25) is 9.59 Å². The van der Waals surface area contributed by atoms with Crippen molar-refractivity contribution in [2.75, 3.05) is 0 Å². The lowest BCUT2D eigenvalue weighted by Gasteiger charge is -2.28. The van der Waals surface area contributed by atoms with E-state index in [1.807, 2.05) is 12.2 Å². The van der Waals surface area contributed by atoms with Gasteiger partial charge in [0.05, 0.1) is 11.8 Å². The molecule has 4 nitrogen and oxygen atoms in total. The molecule has 3 atom stereocenters. The van der Waals surface area contributed by atoms with Gasteiger partial charge in [0.15, 0.2) is 0 Å². The molecule has 0 aromatic rings. The lowest BCUT2D eigenvalue weighted by Crippen LogP contribution is -2.35. The third-order valence-electron chi connectivity index (χ3n) is 6.58. The van der Waals surface area contributed by atoms with Crippen LogP contribution in [0, 0.1) is 23.7 Å². The van der Waals surface area contributed by atoms with Gasteiger partial charge in [-0.2, -0.15) is 0 Å². The number of hydrogen-bond acceptors (Lipinski definition) is 3. The van der Waals surface area contributed by atoms with E-state index in [0.717, 1.165) is 18.8 Å². The number of carbonyl (C=O) groups excluding carboxylic acids is 1. The minimum Gasteiger partial charge on any atom is -0.481 e. The Morgan fingerprint density at radius 1 is 0.774 bits per heavy atom. The maximum atomic E-state index is 12.6. The quantitative estimate of drug-likeness (QED) is 0.145. The van der Waals surface area contributed by atoms with Gasteiger partial charge in [-0.1, -0.05) is 104 Å². The molecule has 0 saturated carbocycles. The average molecular weight is 437 g/mol. The molecule has 0 saturated heterocycles. The summed E-state index contributed by atoms with van der Waals surface area (Å²) in [6, 6.07) is 0. The zero-order chi connectivity index (χ0) is 23.1. The Hall–Kier alpha value is -1.32. The number of allylic oxidation sites excluding steroid dienone is 2. The van der Waals surface area contributed by atoms with Crippen molar-refractivity contribution in [3.63, 3.8) is 0 Å². The first-order valence-corrected chi connectivity index (χ1v) is 12.9. The molecular formula is C27H48O4. The van der Waals surface area contributed by atoms with Gasteiger partial charge in [-0.15, -0.1) is 0 Å². The smallest absolute Gasteiger partial charge is 0.310 e. The summed E-state index contributed by atoms with van der Waals surface area (Å²) >= 11 is 0. The van der Waals surface area contributed by atoms with Crippen LogP contribution in [-0.2, 0) is 14.3 Å². The lowest BCUT2D eigenvalue weighted by atomic mass is 9.83. The minimum absolute atomic E-state index is 0.112. The highest BCUT2D eigenvalue weighted by Crippen LogP contribution is 2.29. The molecule has 3 unspecified atom stereocenters. The van der Waals surface area contributed by atoms with E-state index in [4.69, 9.17) is 4.74 Å². The number of carbonyl (C=O) groups is 2. The summed E-state index contributed by atoms with van der Waals surface area (Å²) in [6.45, 7) is 8.76. The molecule has 0 aromatic carbocycles. The average Bonchev–Trinajstić information content (AvgIpc) is 2.73. The predicted octanol–water partition coefficient (Wildman–Crippen LogP) is 7.56. The van der Waals surface area contributed by atoms with Crippen LogP contribution in [0.15, 0.2) is 12.2 Å². The van der Waals surface area contributed by atoms with Crippen LogP contribution in [0.1, 0.15) is 118 Å². The highest BCUT2D eigenvalue weighted by atomic mass is 16.5. The number of esters is 1. The second-order valence-corrected chi connectivity index (χ2v) is 10.2. The first-order valence-electron chi connectivity index (χ1n) is 12.9. The van der Waals surface area contributed by atoms with E-state index in [-0.39, 0.29) is 18.0 Å². The minimum atomic E-state index is -0.900. The number of rotatable bonds is 17. The highest BCUT2D eigenvalue weighted by molar-refractivity contribution is 5.81. The molecule has 0 spiro atoms. The van der Waals surface area contributed by atoms with E-state index in [1.54, 1.807) is 0 Å². The number of unbranched alkanes of at least 4 members (excludes halogenated alkanes) is 9. The first-order chi connectivity index (χ1) is 14.8. The number of hydrogen-bond donors (Lipinski definition) is 1. The molecule has 0 amide bonds. The summed E-state index contributed by atoms with van der Waals surface area (Å²) in [5, 5.41) is 9.39. The maximum absolute atomic E-state index is 12.6. The van der Waals surface area contributed by atoms with E-state index in [1.165, 1.54) is 64.2 Å². The molecule has 180 valence electrons. The summed E-state index contributed by atoms with van der Waals surface area (Å²) in [7, 11) is 0. The monoisotopic (exact) mass is 436 g/mol. The van der Waals surface area contributed by atoms with Crippen molar-refractivity contribution in [1.29, 1.82) is 0 Å². The van der Waals surface area contributed by atoms with Crippen LogP contribution in [0.2, 0.25) is 0 Å². The SMILES string of the molecule is CC(C)CCCCCCCCCCCCC(OC(=O)C1CC=CCC1C(=O)O)C(C)C. The van der Waals surface area contributed by atoms with Crippen LogP contribution < -0.4 is 0 Å².